The topological polar surface area (TPSA) is 53.1 Å². The summed E-state index contributed by atoms with van der Waals surface area (Å²) in [5.41, 5.74) is 2.21. The Labute approximate surface area is 177 Å². The van der Waals surface area contributed by atoms with Crippen molar-refractivity contribution in [3.05, 3.63) is 59.1 Å². The number of hydrogen-bond acceptors (Lipinski definition) is 5. The molecule has 0 saturated heterocycles. The fourth-order valence-corrected chi connectivity index (χ4v) is 4.21. The minimum atomic E-state index is 0.412. The summed E-state index contributed by atoms with van der Waals surface area (Å²) < 4.78 is 0. The summed E-state index contributed by atoms with van der Waals surface area (Å²) in [4.78, 5) is 11.6. The molecule has 0 atom stereocenters. The van der Waals surface area contributed by atoms with E-state index in [2.05, 4.69) is 22.8 Å². The first-order chi connectivity index (χ1) is 14.1. The van der Waals surface area contributed by atoms with Crippen molar-refractivity contribution in [1.82, 2.24) is 15.3 Å². The van der Waals surface area contributed by atoms with E-state index in [4.69, 9.17) is 21.6 Å². The average Bonchev–Trinajstić information content (AvgIpc) is 2.72. The lowest BCUT2D eigenvalue weighted by molar-refractivity contribution is 0.352. The smallest absolute Gasteiger partial charge is 0.225 e. The van der Waals surface area contributed by atoms with Gasteiger partial charge in [0.05, 0.1) is 5.52 Å². The number of fused-ring (bicyclic) bond motifs is 1. The van der Waals surface area contributed by atoms with E-state index in [1.54, 1.807) is 0 Å². The van der Waals surface area contributed by atoms with E-state index in [0.717, 1.165) is 59.9 Å². The molecule has 1 aliphatic rings. The molecule has 0 radical (unpaired) electrons. The van der Waals surface area contributed by atoms with Gasteiger partial charge in [0.15, 0.2) is 0 Å². The molecule has 0 unspecified atom stereocenters. The molecule has 1 saturated carbocycles. The van der Waals surface area contributed by atoms with E-state index in [1.807, 2.05) is 55.4 Å². The Bertz CT molecular complexity index is 966. The van der Waals surface area contributed by atoms with E-state index in [1.165, 1.54) is 5.56 Å². The molecule has 3 aromatic rings. The van der Waals surface area contributed by atoms with Crippen molar-refractivity contribution in [2.45, 2.75) is 44.3 Å². The molecular weight excluding hydrogens is 382 g/mol. The molecular formula is C23H28ClN5. The third-order valence-corrected chi connectivity index (χ3v) is 5.79. The van der Waals surface area contributed by atoms with Gasteiger partial charge in [-0.2, -0.15) is 4.98 Å². The second-order valence-corrected chi connectivity index (χ2v) is 8.42. The van der Waals surface area contributed by atoms with Gasteiger partial charge in [-0.1, -0.05) is 35.9 Å². The van der Waals surface area contributed by atoms with Gasteiger partial charge in [0.1, 0.15) is 5.82 Å². The highest BCUT2D eigenvalue weighted by Crippen LogP contribution is 2.26. The first-order valence-electron chi connectivity index (χ1n) is 10.3. The molecule has 152 valence electrons. The van der Waals surface area contributed by atoms with E-state index in [-0.39, 0.29) is 0 Å². The zero-order valence-corrected chi connectivity index (χ0v) is 17.8. The molecule has 0 aliphatic heterocycles. The van der Waals surface area contributed by atoms with E-state index in [9.17, 15) is 0 Å². The SMILES string of the molecule is CN(C)c1nc(N[C@H]2CC[C@@H](NCc3cccc(Cl)c3)CC2)nc2ccccc12. The molecule has 1 aliphatic carbocycles. The largest absolute Gasteiger partial charge is 0.362 e. The molecule has 0 amide bonds. The maximum Gasteiger partial charge on any atom is 0.225 e. The van der Waals surface area contributed by atoms with E-state index in [0.29, 0.717) is 12.1 Å². The summed E-state index contributed by atoms with van der Waals surface area (Å²) in [7, 11) is 4.05. The van der Waals surface area contributed by atoms with Crippen LogP contribution in [0.5, 0.6) is 0 Å². The highest BCUT2D eigenvalue weighted by atomic mass is 35.5. The van der Waals surface area contributed by atoms with Gasteiger partial charge < -0.3 is 15.5 Å². The maximum absolute atomic E-state index is 6.08. The van der Waals surface area contributed by atoms with Crippen molar-refractivity contribution in [2.75, 3.05) is 24.3 Å². The minimum absolute atomic E-state index is 0.412. The highest BCUT2D eigenvalue weighted by molar-refractivity contribution is 6.30. The van der Waals surface area contributed by atoms with Gasteiger partial charge in [-0.25, -0.2) is 4.98 Å². The fourth-order valence-electron chi connectivity index (χ4n) is 4.00. The van der Waals surface area contributed by atoms with Crippen LogP contribution in [0.25, 0.3) is 10.9 Å². The molecule has 5 nitrogen and oxygen atoms in total. The van der Waals surface area contributed by atoms with Gasteiger partial charge in [0, 0.05) is 43.1 Å². The summed E-state index contributed by atoms with van der Waals surface area (Å²) in [6.07, 6.45) is 4.51. The molecule has 2 N–H and O–H groups in total. The van der Waals surface area contributed by atoms with Crippen molar-refractivity contribution >= 4 is 34.3 Å². The lowest BCUT2D eigenvalue weighted by atomic mass is 9.91. The van der Waals surface area contributed by atoms with Crippen LogP contribution in [-0.4, -0.2) is 36.1 Å². The number of nitrogens with zero attached hydrogens (tertiary/aromatic N) is 3. The van der Waals surface area contributed by atoms with Gasteiger partial charge in [-0.05, 0) is 55.5 Å². The molecule has 6 heteroatoms. The van der Waals surface area contributed by atoms with Gasteiger partial charge in [-0.15, -0.1) is 0 Å². The maximum atomic E-state index is 6.08. The van der Waals surface area contributed by atoms with Gasteiger partial charge >= 0.3 is 0 Å². The number of hydrogen-bond donors (Lipinski definition) is 2. The van der Waals surface area contributed by atoms with Crippen molar-refractivity contribution in [2.24, 2.45) is 0 Å². The van der Waals surface area contributed by atoms with Crippen LogP contribution in [-0.2, 0) is 6.54 Å². The molecule has 29 heavy (non-hydrogen) atoms. The second-order valence-electron chi connectivity index (χ2n) is 7.99. The summed E-state index contributed by atoms with van der Waals surface area (Å²) >= 11 is 6.08. The Balaban J connectivity index is 1.35. The molecule has 1 heterocycles. The summed E-state index contributed by atoms with van der Waals surface area (Å²) in [6.45, 7) is 0.864. The Kier molecular flexibility index (Phi) is 6.16. The van der Waals surface area contributed by atoms with Gasteiger partial charge in [0.2, 0.25) is 5.95 Å². The normalized spacial score (nSPS) is 19.3. The van der Waals surface area contributed by atoms with Crippen molar-refractivity contribution in [3.8, 4) is 0 Å². The third kappa shape index (κ3) is 4.98. The van der Waals surface area contributed by atoms with Crippen LogP contribution in [0.4, 0.5) is 11.8 Å². The second kappa shape index (κ2) is 8.97. The number of benzene rings is 2. The number of anilines is 2. The summed E-state index contributed by atoms with van der Waals surface area (Å²) in [5.74, 6) is 1.68. The fraction of sp³-hybridized carbons (Fsp3) is 0.391. The van der Waals surface area contributed by atoms with Crippen LogP contribution in [0.1, 0.15) is 31.2 Å². The average molecular weight is 410 g/mol. The molecule has 4 rings (SSSR count). The first-order valence-corrected chi connectivity index (χ1v) is 10.6. The van der Waals surface area contributed by atoms with Gasteiger partial charge in [-0.3, -0.25) is 0 Å². The van der Waals surface area contributed by atoms with Crippen LogP contribution >= 0.6 is 11.6 Å². The van der Waals surface area contributed by atoms with Crippen LogP contribution in [0.15, 0.2) is 48.5 Å². The number of rotatable bonds is 6. The zero-order valence-electron chi connectivity index (χ0n) is 17.0. The Hall–Kier alpha value is -2.37. The number of aromatic nitrogens is 2. The summed E-state index contributed by atoms with van der Waals surface area (Å²) in [5, 5.41) is 9.13. The van der Waals surface area contributed by atoms with Crippen molar-refractivity contribution in [3.63, 3.8) is 0 Å². The minimum Gasteiger partial charge on any atom is -0.362 e. The Morgan fingerprint density at radius 1 is 0.966 bits per heavy atom. The first kappa shape index (κ1) is 19.9. The van der Waals surface area contributed by atoms with Crippen molar-refractivity contribution in [1.29, 1.82) is 0 Å². The Morgan fingerprint density at radius 2 is 1.72 bits per heavy atom. The monoisotopic (exact) mass is 409 g/mol. The molecule has 0 spiro atoms. The third-order valence-electron chi connectivity index (χ3n) is 5.55. The van der Waals surface area contributed by atoms with Crippen LogP contribution < -0.4 is 15.5 Å². The van der Waals surface area contributed by atoms with Crippen LogP contribution in [0, 0.1) is 0 Å². The molecule has 2 aromatic carbocycles. The Morgan fingerprint density at radius 3 is 2.48 bits per heavy atom. The lowest BCUT2D eigenvalue weighted by Crippen LogP contribution is -2.37. The quantitative estimate of drug-likeness (QED) is 0.608. The van der Waals surface area contributed by atoms with Gasteiger partial charge in [0.25, 0.3) is 0 Å². The number of para-hydroxylation sites is 1. The number of halogens is 1. The predicted molar refractivity (Wildman–Crippen MR) is 122 cm³/mol. The number of nitrogens with one attached hydrogen (secondary N) is 2. The lowest BCUT2D eigenvalue weighted by Gasteiger charge is -2.30. The summed E-state index contributed by atoms with van der Waals surface area (Å²) in [6, 6.07) is 17.2. The zero-order chi connectivity index (χ0) is 20.2. The molecule has 1 aromatic heterocycles. The highest BCUT2D eigenvalue weighted by Gasteiger charge is 2.22. The predicted octanol–water partition coefficient (Wildman–Crippen LogP) is 4.86. The van der Waals surface area contributed by atoms with E-state index < -0.39 is 0 Å². The van der Waals surface area contributed by atoms with Crippen molar-refractivity contribution < 1.29 is 0 Å². The standard InChI is InChI=1S/C23H28ClN5/c1-29(2)22-20-8-3-4-9-21(20)27-23(28-22)26-19-12-10-18(11-13-19)25-15-16-6-5-7-17(24)14-16/h3-9,14,18-19,25H,10-13,15H2,1-2H3,(H,26,27,28)/t18-,19+. The van der Waals surface area contributed by atoms with E-state index >= 15 is 0 Å². The van der Waals surface area contributed by atoms with Crippen LogP contribution in [0.2, 0.25) is 5.02 Å². The molecule has 1 fully saturated rings. The van der Waals surface area contributed by atoms with Crippen LogP contribution in [0.3, 0.4) is 0 Å². The molecule has 0 bridgehead atoms.